The number of carbonyl (C=O) groups excluding carboxylic acids is 1. The second kappa shape index (κ2) is 5.65. The number of anilines is 2. The fourth-order valence-corrected chi connectivity index (χ4v) is 1.72. The van der Waals surface area contributed by atoms with Crippen molar-refractivity contribution < 1.29 is 9.00 Å². The van der Waals surface area contributed by atoms with Crippen LogP contribution in [0.2, 0.25) is 0 Å². The predicted octanol–water partition coefficient (Wildman–Crippen LogP) is 1.26. The zero-order valence-electron chi connectivity index (χ0n) is 9.45. The Kier molecular flexibility index (Phi) is 4.49. The molecule has 0 radical (unpaired) electrons. The topological polar surface area (TPSA) is 72.2 Å². The lowest BCUT2D eigenvalue weighted by atomic mass is 10.1. The van der Waals surface area contributed by atoms with Gasteiger partial charge in [0, 0.05) is 46.3 Å². The van der Waals surface area contributed by atoms with E-state index in [0.29, 0.717) is 23.5 Å². The Labute approximate surface area is 97.7 Å². The number of rotatable bonds is 5. The van der Waals surface area contributed by atoms with Gasteiger partial charge in [-0.3, -0.25) is 9.00 Å². The highest BCUT2D eigenvalue weighted by Gasteiger charge is 2.04. The monoisotopic (exact) mass is 240 g/mol. The second-order valence-corrected chi connectivity index (χ2v) is 5.12. The molecule has 0 fully saturated rings. The third kappa shape index (κ3) is 3.66. The first-order valence-electron chi connectivity index (χ1n) is 4.95. The highest BCUT2D eigenvalue weighted by Crippen LogP contribution is 2.18. The summed E-state index contributed by atoms with van der Waals surface area (Å²) in [6, 6.07) is 5.21. The van der Waals surface area contributed by atoms with Crippen LogP contribution in [0.3, 0.4) is 0 Å². The summed E-state index contributed by atoms with van der Waals surface area (Å²) in [6.45, 7) is 2.11. The zero-order valence-corrected chi connectivity index (χ0v) is 10.3. The fraction of sp³-hybridized carbons (Fsp3) is 0.364. The van der Waals surface area contributed by atoms with Gasteiger partial charge in [-0.15, -0.1) is 0 Å². The maximum atomic E-state index is 11.1. The summed E-state index contributed by atoms with van der Waals surface area (Å²) in [7, 11) is -0.804. The molecule has 0 amide bonds. The Morgan fingerprint density at radius 1 is 1.50 bits per heavy atom. The predicted molar refractivity (Wildman–Crippen MR) is 68.3 cm³/mol. The lowest BCUT2D eigenvalue weighted by Gasteiger charge is -2.08. The quantitative estimate of drug-likeness (QED) is 0.600. The lowest BCUT2D eigenvalue weighted by molar-refractivity contribution is 0.101. The van der Waals surface area contributed by atoms with E-state index in [0.717, 1.165) is 5.69 Å². The largest absolute Gasteiger partial charge is 0.398 e. The van der Waals surface area contributed by atoms with E-state index in [-0.39, 0.29) is 5.78 Å². The maximum Gasteiger partial charge on any atom is 0.161 e. The van der Waals surface area contributed by atoms with Crippen molar-refractivity contribution in [2.24, 2.45) is 0 Å². The second-order valence-electron chi connectivity index (χ2n) is 3.56. The third-order valence-electron chi connectivity index (χ3n) is 2.15. The van der Waals surface area contributed by atoms with Gasteiger partial charge in [0.2, 0.25) is 0 Å². The SMILES string of the molecule is CC(=O)c1ccc(NCCS(C)=O)cc1N. The number of Topliss-reactive ketones (excluding diaryl/α,β-unsaturated/α-hetero) is 1. The van der Waals surface area contributed by atoms with Gasteiger partial charge in [0.05, 0.1) is 0 Å². The summed E-state index contributed by atoms with van der Waals surface area (Å²) in [5.41, 5.74) is 7.57. The molecule has 1 aromatic rings. The molecule has 0 saturated carbocycles. The molecule has 1 rings (SSSR count). The third-order valence-corrected chi connectivity index (χ3v) is 2.93. The summed E-state index contributed by atoms with van der Waals surface area (Å²) in [6.07, 6.45) is 1.66. The molecule has 0 aliphatic rings. The van der Waals surface area contributed by atoms with Crippen molar-refractivity contribution in [1.29, 1.82) is 0 Å². The van der Waals surface area contributed by atoms with Crippen LogP contribution in [0.25, 0.3) is 0 Å². The van der Waals surface area contributed by atoms with E-state index in [1.165, 1.54) is 6.92 Å². The van der Waals surface area contributed by atoms with Crippen molar-refractivity contribution >= 4 is 28.0 Å². The summed E-state index contributed by atoms with van der Waals surface area (Å²) < 4.78 is 10.8. The molecule has 16 heavy (non-hydrogen) atoms. The number of hydrogen-bond donors (Lipinski definition) is 2. The van der Waals surface area contributed by atoms with Gasteiger partial charge in [-0.05, 0) is 25.1 Å². The van der Waals surface area contributed by atoms with Gasteiger partial charge < -0.3 is 11.1 Å². The van der Waals surface area contributed by atoms with Crippen molar-refractivity contribution in [3.05, 3.63) is 23.8 Å². The van der Waals surface area contributed by atoms with Gasteiger partial charge in [-0.2, -0.15) is 0 Å². The van der Waals surface area contributed by atoms with Crippen LogP contribution >= 0.6 is 0 Å². The van der Waals surface area contributed by atoms with E-state index in [1.54, 1.807) is 24.5 Å². The Balaban J connectivity index is 2.66. The van der Waals surface area contributed by atoms with Gasteiger partial charge >= 0.3 is 0 Å². The number of nitrogen functional groups attached to an aromatic ring is 1. The van der Waals surface area contributed by atoms with E-state index in [4.69, 9.17) is 5.73 Å². The highest BCUT2D eigenvalue weighted by molar-refractivity contribution is 7.84. The highest BCUT2D eigenvalue weighted by atomic mass is 32.2. The first-order chi connectivity index (χ1) is 7.50. The molecular weight excluding hydrogens is 224 g/mol. The smallest absolute Gasteiger partial charge is 0.161 e. The number of hydrogen-bond acceptors (Lipinski definition) is 4. The summed E-state index contributed by atoms with van der Waals surface area (Å²) in [5.74, 6) is 0.549. The molecule has 4 nitrogen and oxygen atoms in total. The van der Waals surface area contributed by atoms with E-state index in [1.807, 2.05) is 0 Å². The van der Waals surface area contributed by atoms with Crippen LogP contribution < -0.4 is 11.1 Å². The normalized spacial score (nSPS) is 12.1. The van der Waals surface area contributed by atoms with Crippen molar-refractivity contribution in [2.75, 3.05) is 29.6 Å². The Hall–Kier alpha value is -1.36. The minimum Gasteiger partial charge on any atom is -0.398 e. The van der Waals surface area contributed by atoms with Gasteiger partial charge in [0.15, 0.2) is 5.78 Å². The van der Waals surface area contributed by atoms with Crippen LogP contribution in [0, 0.1) is 0 Å². The number of benzene rings is 1. The molecule has 0 bridgehead atoms. The number of carbonyl (C=O) groups is 1. The van der Waals surface area contributed by atoms with Gasteiger partial charge in [0.1, 0.15) is 0 Å². The Bertz CT molecular complexity index is 418. The molecule has 0 aromatic heterocycles. The number of ketones is 1. The molecule has 0 aliphatic heterocycles. The molecule has 88 valence electrons. The van der Waals surface area contributed by atoms with Crippen LogP contribution in [-0.4, -0.2) is 28.5 Å². The van der Waals surface area contributed by atoms with Crippen molar-refractivity contribution in [3.8, 4) is 0 Å². The van der Waals surface area contributed by atoms with E-state index >= 15 is 0 Å². The Morgan fingerprint density at radius 2 is 2.19 bits per heavy atom. The molecule has 1 atom stereocenters. The van der Waals surface area contributed by atoms with Crippen molar-refractivity contribution in [1.82, 2.24) is 0 Å². The van der Waals surface area contributed by atoms with Crippen LogP contribution in [-0.2, 0) is 10.8 Å². The number of nitrogens with two attached hydrogens (primary N) is 1. The van der Waals surface area contributed by atoms with Crippen LogP contribution in [0.1, 0.15) is 17.3 Å². The van der Waals surface area contributed by atoms with Crippen LogP contribution in [0.4, 0.5) is 11.4 Å². The Morgan fingerprint density at radius 3 is 2.69 bits per heavy atom. The van der Waals surface area contributed by atoms with Gasteiger partial charge in [-0.25, -0.2) is 0 Å². The first-order valence-corrected chi connectivity index (χ1v) is 6.68. The zero-order chi connectivity index (χ0) is 12.1. The molecule has 0 saturated heterocycles. The lowest BCUT2D eigenvalue weighted by Crippen LogP contribution is -2.10. The average Bonchev–Trinajstić information content (AvgIpc) is 2.16. The number of nitrogens with one attached hydrogen (secondary N) is 1. The molecule has 0 spiro atoms. The van der Waals surface area contributed by atoms with Gasteiger partial charge in [-0.1, -0.05) is 0 Å². The molecule has 3 N–H and O–H groups in total. The average molecular weight is 240 g/mol. The summed E-state index contributed by atoms with van der Waals surface area (Å²) in [4.78, 5) is 11.1. The molecule has 1 aromatic carbocycles. The summed E-state index contributed by atoms with van der Waals surface area (Å²) in [5, 5.41) is 3.10. The fourth-order valence-electron chi connectivity index (χ4n) is 1.33. The minimum atomic E-state index is -0.804. The molecule has 0 heterocycles. The van der Waals surface area contributed by atoms with Crippen LogP contribution in [0.15, 0.2) is 18.2 Å². The van der Waals surface area contributed by atoms with E-state index in [2.05, 4.69) is 5.32 Å². The first kappa shape index (κ1) is 12.7. The van der Waals surface area contributed by atoms with E-state index < -0.39 is 10.8 Å². The minimum absolute atomic E-state index is 0.0429. The van der Waals surface area contributed by atoms with Crippen LogP contribution in [0.5, 0.6) is 0 Å². The molecule has 0 aliphatic carbocycles. The van der Waals surface area contributed by atoms with Gasteiger partial charge in [0.25, 0.3) is 0 Å². The summed E-state index contributed by atoms with van der Waals surface area (Å²) >= 11 is 0. The molecule has 1 unspecified atom stereocenters. The standard InChI is InChI=1S/C11H16N2O2S/c1-8(14)10-4-3-9(7-11(10)12)13-5-6-16(2)15/h3-4,7,13H,5-6,12H2,1-2H3. The van der Waals surface area contributed by atoms with Crippen molar-refractivity contribution in [3.63, 3.8) is 0 Å². The maximum absolute atomic E-state index is 11.1. The van der Waals surface area contributed by atoms with Crippen molar-refractivity contribution in [2.45, 2.75) is 6.92 Å². The van der Waals surface area contributed by atoms with E-state index in [9.17, 15) is 9.00 Å². The molecular formula is C11H16N2O2S. The molecule has 5 heteroatoms.